The molecule has 1 saturated heterocycles. The van der Waals surface area contributed by atoms with Gasteiger partial charge in [-0.1, -0.05) is 30.3 Å². The molecule has 3 aromatic carbocycles. The van der Waals surface area contributed by atoms with E-state index in [0.717, 1.165) is 22.9 Å². The number of fused-ring (bicyclic) bond motifs is 1. The highest BCUT2D eigenvalue weighted by Crippen LogP contribution is 2.30. The Hall–Kier alpha value is -3.54. The Balaban J connectivity index is 1.28. The van der Waals surface area contributed by atoms with Gasteiger partial charge in [0.25, 0.3) is 0 Å². The summed E-state index contributed by atoms with van der Waals surface area (Å²) in [6, 6.07) is 20.4. The van der Waals surface area contributed by atoms with Crippen LogP contribution in [0.4, 0.5) is 5.69 Å². The molecule has 9 nitrogen and oxygen atoms in total. The molecular formula is C26H26N4O5S2. The van der Waals surface area contributed by atoms with Gasteiger partial charge in [-0.2, -0.15) is 4.31 Å². The SMILES string of the molecule is CS(=O)(=O)c1cccc(S(=O)(=O)N2CCC(C(=O)Nc3ccccc3-c3nc4ccccc4[nH]3)CC2)c1. The average molecular weight is 539 g/mol. The number of hydrogen-bond acceptors (Lipinski definition) is 6. The number of amides is 1. The van der Waals surface area contributed by atoms with Gasteiger partial charge in [-0.25, -0.2) is 21.8 Å². The number of carbonyl (C=O) groups excluding carboxylic acids is 1. The van der Waals surface area contributed by atoms with E-state index in [2.05, 4.69) is 15.3 Å². The van der Waals surface area contributed by atoms with E-state index in [-0.39, 0.29) is 34.7 Å². The number of sulfone groups is 1. The van der Waals surface area contributed by atoms with Gasteiger partial charge in [-0.15, -0.1) is 0 Å². The lowest BCUT2D eigenvalue weighted by atomic mass is 9.97. The molecule has 37 heavy (non-hydrogen) atoms. The fourth-order valence-electron chi connectivity index (χ4n) is 4.49. The second-order valence-corrected chi connectivity index (χ2v) is 13.0. The highest BCUT2D eigenvalue weighted by molar-refractivity contribution is 7.91. The summed E-state index contributed by atoms with van der Waals surface area (Å²) in [4.78, 5) is 20.9. The summed E-state index contributed by atoms with van der Waals surface area (Å²) in [5.74, 6) is 0.103. The molecule has 0 unspecified atom stereocenters. The van der Waals surface area contributed by atoms with Gasteiger partial charge in [0.15, 0.2) is 9.84 Å². The van der Waals surface area contributed by atoms with E-state index in [9.17, 15) is 21.6 Å². The van der Waals surface area contributed by atoms with Gasteiger partial charge in [0, 0.05) is 30.8 Å². The van der Waals surface area contributed by atoms with Crippen LogP contribution in [0.15, 0.2) is 82.6 Å². The Morgan fingerprint density at radius 2 is 1.59 bits per heavy atom. The van der Waals surface area contributed by atoms with Crippen LogP contribution in [0, 0.1) is 5.92 Å². The largest absolute Gasteiger partial charge is 0.338 e. The van der Waals surface area contributed by atoms with Gasteiger partial charge in [0.05, 0.1) is 26.5 Å². The number of aromatic amines is 1. The summed E-state index contributed by atoms with van der Waals surface area (Å²) < 4.78 is 51.3. The first-order valence-electron chi connectivity index (χ1n) is 11.8. The zero-order chi connectivity index (χ0) is 26.2. The van der Waals surface area contributed by atoms with Crippen molar-refractivity contribution in [1.82, 2.24) is 14.3 Å². The van der Waals surface area contributed by atoms with Gasteiger partial charge < -0.3 is 10.3 Å². The molecule has 5 rings (SSSR count). The summed E-state index contributed by atoms with van der Waals surface area (Å²) in [5.41, 5.74) is 3.11. The fraction of sp³-hybridized carbons (Fsp3) is 0.231. The quantitative estimate of drug-likeness (QED) is 0.385. The number of H-pyrrole nitrogens is 1. The second-order valence-electron chi connectivity index (χ2n) is 9.06. The van der Waals surface area contributed by atoms with Crippen LogP contribution in [-0.4, -0.2) is 56.4 Å². The zero-order valence-corrected chi connectivity index (χ0v) is 21.7. The van der Waals surface area contributed by atoms with E-state index < -0.39 is 19.9 Å². The number of anilines is 1. The molecule has 1 aromatic heterocycles. The molecule has 2 heterocycles. The van der Waals surface area contributed by atoms with Crippen molar-refractivity contribution in [3.63, 3.8) is 0 Å². The number of sulfonamides is 1. The van der Waals surface area contributed by atoms with Gasteiger partial charge in [-0.3, -0.25) is 4.79 Å². The molecule has 0 bridgehead atoms. The summed E-state index contributed by atoms with van der Waals surface area (Å²) in [5, 5.41) is 3.00. The molecule has 1 fully saturated rings. The highest BCUT2D eigenvalue weighted by Gasteiger charge is 2.32. The first-order valence-corrected chi connectivity index (χ1v) is 15.1. The maximum Gasteiger partial charge on any atom is 0.243 e. The van der Waals surface area contributed by atoms with Gasteiger partial charge >= 0.3 is 0 Å². The van der Waals surface area contributed by atoms with Crippen molar-refractivity contribution in [3.8, 4) is 11.4 Å². The van der Waals surface area contributed by atoms with Gasteiger partial charge in [-0.05, 0) is 55.3 Å². The maximum absolute atomic E-state index is 13.1. The molecule has 4 aromatic rings. The normalized spacial score (nSPS) is 15.6. The van der Waals surface area contributed by atoms with Crippen molar-refractivity contribution >= 4 is 42.5 Å². The molecule has 0 aliphatic carbocycles. The number of piperidine rings is 1. The highest BCUT2D eigenvalue weighted by atomic mass is 32.2. The minimum Gasteiger partial charge on any atom is -0.338 e. The number of aromatic nitrogens is 2. The summed E-state index contributed by atoms with van der Waals surface area (Å²) in [7, 11) is -7.42. The van der Waals surface area contributed by atoms with Crippen LogP contribution in [0.5, 0.6) is 0 Å². The first-order chi connectivity index (χ1) is 17.6. The molecule has 0 radical (unpaired) electrons. The Morgan fingerprint density at radius 1 is 0.919 bits per heavy atom. The van der Waals surface area contributed by atoms with Crippen LogP contribution in [0.1, 0.15) is 12.8 Å². The molecule has 1 aliphatic heterocycles. The lowest BCUT2D eigenvalue weighted by Gasteiger charge is -2.30. The predicted molar refractivity (Wildman–Crippen MR) is 141 cm³/mol. The molecule has 0 spiro atoms. The molecule has 11 heteroatoms. The number of hydrogen-bond donors (Lipinski definition) is 2. The minimum atomic E-state index is -3.88. The molecule has 2 N–H and O–H groups in total. The summed E-state index contributed by atoms with van der Waals surface area (Å²) in [6.07, 6.45) is 1.74. The average Bonchev–Trinajstić information content (AvgIpc) is 3.33. The zero-order valence-electron chi connectivity index (χ0n) is 20.1. The summed E-state index contributed by atoms with van der Waals surface area (Å²) in [6.45, 7) is 0.323. The van der Waals surface area contributed by atoms with Crippen LogP contribution >= 0.6 is 0 Å². The Morgan fingerprint density at radius 3 is 2.32 bits per heavy atom. The van der Waals surface area contributed by atoms with E-state index in [1.165, 1.54) is 28.6 Å². The standard InChI is InChI=1S/C26H26N4O5S2/c1-36(32,33)19-7-6-8-20(17-19)37(34,35)30-15-13-18(14-16-30)26(31)29-22-10-3-2-9-21(22)25-27-23-11-4-5-12-24(23)28-25/h2-12,17-18H,13-16H2,1H3,(H,27,28)(H,29,31). The van der Waals surface area contributed by atoms with Crippen molar-refractivity contribution < 1.29 is 21.6 Å². The summed E-state index contributed by atoms with van der Waals surface area (Å²) >= 11 is 0. The van der Waals surface area contributed by atoms with E-state index >= 15 is 0 Å². The number of nitrogens with one attached hydrogen (secondary N) is 2. The first kappa shape index (κ1) is 25.1. The number of imidazole rings is 1. The van der Waals surface area contributed by atoms with Crippen molar-refractivity contribution in [2.24, 2.45) is 5.92 Å². The molecule has 1 amide bonds. The Bertz CT molecular complexity index is 1660. The molecule has 1 aliphatic rings. The lowest BCUT2D eigenvalue weighted by Crippen LogP contribution is -2.41. The predicted octanol–water partition coefficient (Wildman–Crippen LogP) is 3.67. The van der Waals surface area contributed by atoms with Crippen LogP contribution in [0.2, 0.25) is 0 Å². The smallest absolute Gasteiger partial charge is 0.243 e. The van der Waals surface area contributed by atoms with E-state index in [1.807, 2.05) is 48.5 Å². The third-order valence-corrected chi connectivity index (χ3v) is 9.53. The van der Waals surface area contributed by atoms with Crippen molar-refractivity contribution in [3.05, 3.63) is 72.8 Å². The van der Waals surface area contributed by atoms with E-state index in [1.54, 1.807) is 0 Å². The fourth-order valence-corrected chi connectivity index (χ4v) is 6.74. The van der Waals surface area contributed by atoms with Crippen LogP contribution < -0.4 is 5.32 Å². The third kappa shape index (κ3) is 5.15. The minimum absolute atomic E-state index is 0.0500. The third-order valence-electron chi connectivity index (χ3n) is 6.53. The topological polar surface area (TPSA) is 129 Å². The van der Waals surface area contributed by atoms with Crippen LogP contribution in [0.3, 0.4) is 0 Å². The monoisotopic (exact) mass is 538 g/mol. The number of rotatable bonds is 6. The molecule has 192 valence electrons. The number of para-hydroxylation sites is 3. The van der Waals surface area contributed by atoms with E-state index in [0.29, 0.717) is 24.4 Å². The van der Waals surface area contributed by atoms with Gasteiger partial charge in [0.1, 0.15) is 5.82 Å². The van der Waals surface area contributed by atoms with Crippen molar-refractivity contribution in [2.75, 3.05) is 24.7 Å². The van der Waals surface area contributed by atoms with Gasteiger partial charge in [0.2, 0.25) is 15.9 Å². The Labute approximate surface area is 215 Å². The number of nitrogens with zero attached hydrogens (tertiary/aromatic N) is 2. The maximum atomic E-state index is 13.1. The molecule has 0 saturated carbocycles. The van der Waals surface area contributed by atoms with E-state index in [4.69, 9.17) is 0 Å². The number of benzene rings is 3. The van der Waals surface area contributed by atoms with Crippen LogP contribution in [0.25, 0.3) is 22.4 Å². The Kier molecular flexibility index (Phi) is 6.61. The number of carbonyl (C=O) groups is 1. The second kappa shape index (κ2) is 9.73. The van der Waals surface area contributed by atoms with Crippen molar-refractivity contribution in [1.29, 1.82) is 0 Å². The lowest BCUT2D eigenvalue weighted by molar-refractivity contribution is -0.120. The van der Waals surface area contributed by atoms with Crippen molar-refractivity contribution in [2.45, 2.75) is 22.6 Å². The molecule has 0 atom stereocenters. The van der Waals surface area contributed by atoms with Crippen LogP contribution in [-0.2, 0) is 24.7 Å². The molecular weight excluding hydrogens is 512 g/mol.